The zero-order valence-electron chi connectivity index (χ0n) is 10.7. The topological polar surface area (TPSA) is 32.3 Å². The van der Waals surface area contributed by atoms with Crippen LogP contribution in [0.3, 0.4) is 0 Å². The Kier molecular flexibility index (Phi) is 4.54. The summed E-state index contributed by atoms with van der Waals surface area (Å²) in [5.41, 5.74) is 0.946. The molecule has 1 aromatic carbocycles. The highest BCUT2D eigenvalue weighted by molar-refractivity contribution is 9.10. The van der Waals surface area contributed by atoms with Gasteiger partial charge in [0.1, 0.15) is 0 Å². The fourth-order valence-electron chi connectivity index (χ4n) is 2.71. The Labute approximate surface area is 128 Å². The van der Waals surface area contributed by atoms with E-state index in [9.17, 15) is 4.79 Å². The molecule has 0 unspecified atom stereocenters. The molecule has 0 atom stereocenters. The fraction of sp³-hybridized carbons (Fsp3) is 0.500. The van der Waals surface area contributed by atoms with Crippen LogP contribution in [0.2, 0.25) is 0 Å². The number of nitrogens with zero attached hydrogens (tertiary/aromatic N) is 1. The number of halogens is 2. The van der Waals surface area contributed by atoms with Crippen LogP contribution in [-0.4, -0.2) is 37.0 Å². The molecular formula is C14H18BrClN2O. The van der Waals surface area contributed by atoms with Gasteiger partial charge in [-0.2, -0.15) is 0 Å². The van der Waals surface area contributed by atoms with E-state index in [1.807, 2.05) is 17.0 Å². The zero-order chi connectivity index (χ0) is 12.6. The van der Waals surface area contributed by atoms with Crippen molar-refractivity contribution in [2.45, 2.75) is 18.3 Å². The number of piperazine rings is 1. The van der Waals surface area contributed by atoms with Gasteiger partial charge in [0.15, 0.2) is 0 Å². The Morgan fingerprint density at radius 3 is 2.53 bits per heavy atom. The maximum atomic E-state index is 12.7. The molecule has 0 aromatic heterocycles. The van der Waals surface area contributed by atoms with Gasteiger partial charge in [0.05, 0.1) is 5.41 Å². The lowest BCUT2D eigenvalue weighted by Gasteiger charge is -2.31. The lowest BCUT2D eigenvalue weighted by atomic mass is 9.94. The van der Waals surface area contributed by atoms with Gasteiger partial charge in [0.2, 0.25) is 5.91 Å². The normalized spacial score (nSPS) is 20.6. The second kappa shape index (κ2) is 5.81. The van der Waals surface area contributed by atoms with E-state index < -0.39 is 0 Å². The lowest BCUT2D eigenvalue weighted by molar-refractivity contribution is -0.134. The van der Waals surface area contributed by atoms with Crippen LogP contribution in [0.25, 0.3) is 0 Å². The summed E-state index contributed by atoms with van der Waals surface area (Å²) < 4.78 is 1.05. The molecule has 2 fully saturated rings. The molecule has 1 aliphatic carbocycles. The molecule has 3 rings (SSSR count). The van der Waals surface area contributed by atoms with Crippen LogP contribution in [0, 0.1) is 0 Å². The Balaban J connectivity index is 0.00000133. The quantitative estimate of drug-likeness (QED) is 0.892. The summed E-state index contributed by atoms with van der Waals surface area (Å²) in [6.45, 7) is 3.52. The molecule has 0 bridgehead atoms. The number of nitrogens with one attached hydrogen (secondary N) is 1. The number of carbonyl (C=O) groups excluding carboxylic acids is 1. The van der Waals surface area contributed by atoms with Gasteiger partial charge in [0.25, 0.3) is 0 Å². The van der Waals surface area contributed by atoms with Crippen LogP contribution in [0.1, 0.15) is 18.4 Å². The van der Waals surface area contributed by atoms with Crippen molar-refractivity contribution in [3.63, 3.8) is 0 Å². The molecule has 0 radical (unpaired) electrons. The van der Waals surface area contributed by atoms with Crippen LogP contribution in [0.15, 0.2) is 28.7 Å². The van der Waals surface area contributed by atoms with Gasteiger partial charge in [-0.05, 0) is 30.5 Å². The van der Waals surface area contributed by atoms with Gasteiger partial charge in [-0.15, -0.1) is 12.4 Å². The second-order valence-corrected chi connectivity index (χ2v) is 6.05. The first-order chi connectivity index (χ1) is 8.72. The molecule has 104 valence electrons. The summed E-state index contributed by atoms with van der Waals surface area (Å²) in [5.74, 6) is 0.321. The molecule has 3 nitrogen and oxygen atoms in total. The van der Waals surface area contributed by atoms with Crippen LogP contribution in [-0.2, 0) is 10.2 Å². The highest BCUT2D eigenvalue weighted by atomic mass is 79.9. The van der Waals surface area contributed by atoms with Crippen LogP contribution in [0.4, 0.5) is 0 Å². The van der Waals surface area contributed by atoms with Crippen molar-refractivity contribution in [1.82, 2.24) is 10.2 Å². The van der Waals surface area contributed by atoms with Crippen LogP contribution >= 0.6 is 28.3 Å². The molecule has 1 heterocycles. The maximum Gasteiger partial charge on any atom is 0.233 e. The van der Waals surface area contributed by atoms with E-state index in [0.29, 0.717) is 5.91 Å². The molecule has 1 N–H and O–H groups in total. The highest BCUT2D eigenvalue weighted by Gasteiger charge is 2.53. The molecule has 5 heteroatoms. The summed E-state index contributed by atoms with van der Waals surface area (Å²) in [7, 11) is 0. The van der Waals surface area contributed by atoms with Gasteiger partial charge in [-0.25, -0.2) is 0 Å². The minimum atomic E-state index is -0.221. The van der Waals surface area contributed by atoms with E-state index in [-0.39, 0.29) is 17.8 Å². The third kappa shape index (κ3) is 2.81. The Bertz CT molecular complexity index is 470. The van der Waals surface area contributed by atoms with E-state index >= 15 is 0 Å². The third-order valence-electron chi connectivity index (χ3n) is 3.94. The van der Waals surface area contributed by atoms with E-state index in [2.05, 4.69) is 33.4 Å². The van der Waals surface area contributed by atoms with Gasteiger partial charge in [-0.1, -0.05) is 28.1 Å². The molecule has 19 heavy (non-hydrogen) atoms. The first-order valence-electron chi connectivity index (χ1n) is 6.48. The minimum Gasteiger partial charge on any atom is -0.339 e. The molecular weight excluding hydrogens is 328 g/mol. The van der Waals surface area contributed by atoms with Crippen LogP contribution < -0.4 is 5.32 Å². The number of hydrogen-bond acceptors (Lipinski definition) is 2. The molecule has 1 aromatic rings. The van der Waals surface area contributed by atoms with Crippen molar-refractivity contribution in [1.29, 1.82) is 0 Å². The van der Waals surface area contributed by atoms with E-state index in [0.717, 1.165) is 43.5 Å². The average molecular weight is 346 g/mol. The van der Waals surface area contributed by atoms with Crippen molar-refractivity contribution in [3.8, 4) is 0 Å². The number of amides is 1. The van der Waals surface area contributed by atoms with E-state index in [4.69, 9.17) is 0 Å². The van der Waals surface area contributed by atoms with Crippen LogP contribution in [0.5, 0.6) is 0 Å². The molecule has 0 spiro atoms. The Hall–Kier alpha value is -0.580. The van der Waals surface area contributed by atoms with Crippen molar-refractivity contribution in [2.75, 3.05) is 26.2 Å². The predicted molar refractivity (Wildman–Crippen MR) is 81.8 cm³/mol. The zero-order valence-corrected chi connectivity index (χ0v) is 13.1. The monoisotopic (exact) mass is 344 g/mol. The first-order valence-corrected chi connectivity index (χ1v) is 7.28. The lowest BCUT2D eigenvalue weighted by Crippen LogP contribution is -2.49. The summed E-state index contributed by atoms with van der Waals surface area (Å²) in [6, 6.07) is 8.20. The van der Waals surface area contributed by atoms with Crippen molar-refractivity contribution in [2.24, 2.45) is 0 Å². The van der Waals surface area contributed by atoms with E-state index in [1.54, 1.807) is 0 Å². The summed E-state index contributed by atoms with van der Waals surface area (Å²) >= 11 is 3.49. The van der Waals surface area contributed by atoms with Gasteiger partial charge < -0.3 is 10.2 Å². The number of rotatable bonds is 2. The predicted octanol–water partition coefficient (Wildman–Crippen LogP) is 2.33. The largest absolute Gasteiger partial charge is 0.339 e. The number of hydrogen-bond donors (Lipinski definition) is 1. The molecule has 2 aliphatic rings. The standard InChI is InChI=1S/C14H17BrN2O.ClH/c15-12-3-1-2-11(10-12)14(4-5-14)13(18)17-8-6-16-7-9-17;/h1-3,10,16H,4-9H2;1H. The number of benzene rings is 1. The number of carbonyl (C=O) groups is 1. The first kappa shape index (κ1) is 14.8. The highest BCUT2D eigenvalue weighted by Crippen LogP contribution is 2.50. The second-order valence-electron chi connectivity index (χ2n) is 5.13. The van der Waals surface area contributed by atoms with Crippen molar-refractivity contribution in [3.05, 3.63) is 34.3 Å². The maximum absolute atomic E-state index is 12.7. The van der Waals surface area contributed by atoms with Gasteiger partial charge >= 0.3 is 0 Å². The molecule has 1 amide bonds. The molecule has 1 aliphatic heterocycles. The molecule has 1 saturated carbocycles. The Morgan fingerprint density at radius 2 is 1.95 bits per heavy atom. The molecule has 1 saturated heterocycles. The average Bonchev–Trinajstić information content (AvgIpc) is 3.20. The SMILES string of the molecule is Cl.O=C(N1CCNCC1)C1(c2cccc(Br)c2)CC1. The van der Waals surface area contributed by atoms with Gasteiger partial charge in [0, 0.05) is 30.7 Å². The summed E-state index contributed by atoms with van der Waals surface area (Å²) in [4.78, 5) is 14.7. The summed E-state index contributed by atoms with van der Waals surface area (Å²) in [5, 5.41) is 3.29. The van der Waals surface area contributed by atoms with Crippen molar-refractivity contribution < 1.29 is 4.79 Å². The minimum absolute atomic E-state index is 0. The smallest absolute Gasteiger partial charge is 0.233 e. The summed E-state index contributed by atoms with van der Waals surface area (Å²) in [6.07, 6.45) is 1.98. The Morgan fingerprint density at radius 1 is 1.26 bits per heavy atom. The fourth-order valence-corrected chi connectivity index (χ4v) is 3.11. The van der Waals surface area contributed by atoms with Gasteiger partial charge in [-0.3, -0.25) is 4.79 Å². The van der Waals surface area contributed by atoms with E-state index in [1.165, 1.54) is 5.56 Å². The van der Waals surface area contributed by atoms with Crippen molar-refractivity contribution >= 4 is 34.2 Å². The third-order valence-corrected chi connectivity index (χ3v) is 4.43.